The van der Waals surface area contributed by atoms with Gasteiger partial charge < -0.3 is 0 Å². The molecule has 52 heavy (non-hydrogen) atoms. The maximum Gasteiger partial charge on any atom is 0.160 e. The molecule has 0 saturated carbocycles. The molecule has 1 aliphatic rings. The van der Waals surface area contributed by atoms with E-state index in [0.29, 0.717) is 5.82 Å². The summed E-state index contributed by atoms with van der Waals surface area (Å²) in [4.78, 5) is 15.0. The summed E-state index contributed by atoms with van der Waals surface area (Å²) >= 11 is 0. The van der Waals surface area contributed by atoms with Gasteiger partial charge in [0.2, 0.25) is 0 Å². The van der Waals surface area contributed by atoms with Crippen LogP contribution < -0.4 is 0 Å². The van der Waals surface area contributed by atoms with Gasteiger partial charge >= 0.3 is 0 Å². The van der Waals surface area contributed by atoms with Crippen LogP contribution in [0.4, 0.5) is 0 Å². The van der Waals surface area contributed by atoms with Gasteiger partial charge in [0, 0.05) is 34.5 Å². The van der Waals surface area contributed by atoms with Crippen LogP contribution in [0, 0.1) is 5.41 Å². The van der Waals surface area contributed by atoms with Gasteiger partial charge in [0.15, 0.2) is 5.82 Å². The molecule has 1 unspecified atom stereocenters. The van der Waals surface area contributed by atoms with Crippen molar-refractivity contribution in [2.24, 2.45) is 5.41 Å². The lowest BCUT2D eigenvalue weighted by Gasteiger charge is -2.15. The lowest BCUT2D eigenvalue weighted by Crippen LogP contribution is -2.03. The van der Waals surface area contributed by atoms with Crippen molar-refractivity contribution >= 4 is 5.57 Å². The molecule has 0 radical (unpaired) electrons. The molecule has 0 N–H and O–H groups in total. The minimum Gasteiger partial charge on any atom is -0.264 e. The molecule has 1 aliphatic carbocycles. The molecular formula is C49H37N3. The number of hydrogen-bond donors (Lipinski definition) is 0. The third-order valence-corrected chi connectivity index (χ3v) is 9.55. The van der Waals surface area contributed by atoms with Crippen molar-refractivity contribution < 1.29 is 0 Å². The first-order chi connectivity index (χ1) is 25.5. The number of aromatic nitrogens is 3. The number of benzene rings is 5. The summed E-state index contributed by atoms with van der Waals surface area (Å²) in [6.07, 6.45) is 16.5. The lowest BCUT2D eigenvalue weighted by molar-refractivity contribution is 0.720. The van der Waals surface area contributed by atoms with Gasteiger partial charge in [-0.2, -0.15) is 0 Å². The highest BCUT2D eigenvalue weighted by atomic mass is 14.9. The Balaban J connectivity index is 1.35. The zero-order valence-corrected chi connectivity index (χ0v) is 29.0. The van der Waals surface area contributed by atoms with Gasteiger partial charge in [0.05, 0.1) is 11.4 Å². The van der Waals surface area contributed by atoms with Crippen LogP contribution in [0.2, 0.25) is 0 Å². The summed E-state index contributed by atoms with van der Waals surface area (Å²) < 4.78 is 0. The van der Waals surface area contributed by atoms with Crippen molar-refractivity contribution in [1.82, 2.24) is 15.0 Å². The molecule has 0 fully saturated rings. The van der Waals surface area contributed by atoms with Crippen LogP contribution in [0.25, 0.3) is 72.9 Å². The van der Waals surface area contributed by atoms with Crippen molar-refractivity contribution in [2.45, 2.75) is 6.92 Å². The van der Waals surface area contributed by atoms with E-state index in [2.05, 4.69) is 176 Å². The van der Waals surface area contributed by atoms with Crippen molar-refractivity contribution in [2.75, 3.05) is 0 Å². The first kappa shape index (κ1) is 32.5. The Bertz CT molecular complexity index is 2400. The maximum atomic E-state index is 5.35. The van der Waals surface area contributed by atoms with Crippen LogP contribution >= 0.6 is 0 Å². The van der Waals surface area contributed by atoms with E-state index in [4.69, 9.17) is 9.97 Å². The van der Waals surface area contributed by atoms with Crippen molar-refractivity contribution in [1.29, 1.82) is 0 Å². The Kier molecular flexibility index (Phi) is 8.91. The van der Waals surface area contributed by atoms with Gasteiger partial charge in [0.25, 0.3) is 0 Å². The van der Waals surface area contributed by atoms with Crippen LogP contribution in [0.1, 0.15) is 12.5 Å². The lowest BCUT2D eigenvalue weighted by atomic mass is 9.90. The third kappa shape index (κ3) is 6.98. The van der Waals surface area contributed by atoms with E-state index >= 15 is 0 Å². The zero-order valence-electron chi connectivity index (χ0n) is 29.0. The fourth-order valence-electron chi connectivity index (χ4n) is 6.55. The Morgan fingerprint density at radius 3 is 1.56 bits per heavy atom. The summed E-state index contributed by atoms with van der Waals surface area (Å²) in [5, 5.41) is 0. The second-order valence-corrected chi connectivity index (χ2v) is 13.3. The molecule has 8 rings (SSSR count). The van der Waals surface area contributed by atoms with Crippen LogP contribution in [-0.4, -0.2) is 15.0 Å². The van der Waals surface area contributed by atoms with Crippen molar-refractivity contribution in [3.05, 3.63) is 207 Å². The first-order valence-electron chi connectivity index (χ1n) is 17.5. The molecular weight excluding hydrogens is 631 g/mol. The molecule has 2 heterocycles. The maximum absolute atomic E-state index is 5.35. The summed E-state index contributed by atoms with van der Waals surface area (Å²) in [5.41, 5.74) is 13.2. The van der Waals surface area contributed by atoms with Gasteiger partial charge in [-0.05, 0) is 106 Å². The SMILES string of the molecule is C=CC1(C)C=CC=C(c2cc(-c3ccccc3)cc(-c3cc(-c4cccnc4)nc(-c4cc(-c5ccccc5)cc(-c5ccccc5)c4)n3)c2)C=C1. The zero-order chi connectivity index (χ0) is 35.3. The van der Waals surface area contributed by atoms with E-state index in [1.54, 1.807) is 6.20 Å². The van der Waals surface area contributed by atoms with Crippen molar-refractivity contribution in [3.63, 3.8) is 0 Å². The van der Waals surface area contributed by atoms with Crippen LogP contribution in [-0.2, 0) is 0 Å². The number of hydrogen-bond acceptors (Lipinski definition) is 3. The largest absolute Gasteiger partial charge is 0.264 e. The smallest absolute Gasteiger partial charge is 0.160 e. The molecule has 0 bridgehead atoms. The summed E-state index contributed by atoms with van der Waals surface area (Å²) in [7, 11) is 0. The topological polar surface area (TPSA) is 38.7 Å². The monoisotopic (exact) mass is 667 g/mol. The normalized spacial score (nSPS) is 15.1. The minimum absolute atomic E-state index is 0.217. The number of rotatable bonds is 8. The molecule has 7 aromatic rings. The van der Waals surface area contributed by atoms with Gasteiger partial charge in [-0.3, -0.25) is 4.98 Å². The highest BCUT2D eigenvalue weighted by molar-refractivity contribution is 5.85. The third-order valence-electron chi connectivity index (χ3n) is 9.55. The summed E-state index contributed by atoms with van der Waals surface area (Å²) in [5.74, 6) is 0.649. The number of pyridine rings is 1. The Morgan fingerprint density at radius 2 is 1.00 bits per heavy atom. The summed E-state index contributed by atoms with van der Waals surface area (Å²) in [6, 6.07) is 51.0. The molecule has 248 valence electrons. The first-order valence-corrected chi connectivity index (χ1v) is 17.5. The van der Waals surface area contributed by atoms with Gasteiger partial charge in [0.1, 0.15) is 0 Å². The Morgan fingerprint density at radius 1 is 0.500 bits per heavy atom. The van der Waals surface area contributed by atoms with E-state index in [0.717, 1.165) is 72.6 Å². The Labute approximate surface area is 305 Å². The average Bonchev–Trinajstić information content (AvgIpc) is 3.43. The molecule has 3 nitrogen and oxygen atoms in total. The molecule has 0 aliphatic heterocycles. The minimum atomic E-state index is -0.217. The summed E-state index contributed by atoms with van der Waals surface area (Å²) in [6.45, 7) is 6.23. The Hall–Kier alpha value is -6.71. The highest BCUT2D eigenvalue weighted by Crippen LogP contribution is 2.37. The fraction of sp³-hybridized carbons (Fsp3) is 0.0408. The molecule has 0 amide bonds. The molecule has 0 saturated heterocycles. The number of nitrogens with zero attached hydrogens (tertiary/aromatic N) is 3. The molecule has 3 heteroatoms. The van der Waals surface area contributed by atoms with Gasteiger partial charge in [-0.25, -0.2) is 9.97 Å². The van der Waals surface area contributed by atoms with Crippen LogP contribution in [0.15, 0.2) is 201 Å². The standard InChI is InChI=1S/C49H37N3/c1-3-49(2)24-13-21-38(23-25-49)41-27-40(35-15-7-4-8-16-35)29-44(30-41)47-33-46(39-22-14-26-50-34-39)51-48(52-47)45-31-42(36-17-9-5-10-18-36)28-43(32-45)37-19-11-6-12-20-37/h3-34H,1H2,2H3. The molecule has 0 spiro atoms. The van der Waals surface area contributed by atoms with Gasteiger partial charge in [-0.1, -0.05) is 127 Å². The van der Waals surface area contributed by atoms with Crippen LogP contribution in [0.3, 0.4) is 0 Å². The van der Waals surface area contributed by atoms with Crippen molar-refractivity contribution in [3.8, 4) is 67.3 Å². The van der Waals surface area contributed by atoms with E-state index in [1.807, 2.05) is 30.5 Å². The van der Waals surface area contributed by atoms with E-state index < -0.39 is 0 Å². The predicted molar refractivity (Wildman–Crippen MR) is 217 cm³/mol. The second-order valence-electron chi connectivity index (χ2n) is 13.3. The molecule has 5 aromatic carbocycles. The highest BCUT2D eigenvalue weighted by Gasteiger charge is 2.17. The molecule has 2 aromatic heterocycles. The fourth-order valence-corrected chi connectivity index (χ4v) is 6.55. The number of allylic oxidation sites excluding steroid dienone is 7. The second kappa shape index (κ2) is 14.3. The van der Waals surface area contributed by atoms with Gasteiger partial charge in [-0.15, -0.1) is 6.58 Å². The average molecular weight is 668 g/mol. The quantitative estimate of drug-likeness (QED) is 0.151. The van der Waals surface area contributed by atoms with E-state index in [1.165, 1.54) is 0 Å². The van der Waals surface area contributed by atoms with E-state index in [9.17, 15) is 0 Å². The molecule has 1 atom stereocenters. The van der Waals surface area contributed by atoms with Crippen LogP contribution in [0.5, 0.6) is 0 Å². The van der Waals surface area contributed by atoms with E-state index in [-0.39, 0.29) is 5.41 Å². The predicted octanol–water partition coefficient (Wildman–Crippen LogP) is 12.6.